The first-order valence-electron chi connectivity index (χ1n) is 21.9. The van der Waals surface area contributed by atoms with E-state index in [4.69, 9.17) is 0 Å². The standard InChI is InChI=1S/C44H87N2/c1-4-7-10-12-14-16-18-20-22-23-24-26-28-30-32-34-36-39-44-45(40-37-9-6-3)42-43-46(44)41-38-35-33-31-29-27-25-21-19-17-15-13-11-8-5-2/h42-43H,4-41H2,1-3H3/q+1. The molecule has 0 saturated carbocycles. The molecule has 0 fully saturated rings. The Morgan fingerprint density at radius 2 is 0.674 bits per heavy atom. The number of imidazole rings is 1. The summed E-state index contributed by atoms with van der Waals surface area (Å²) in [6, 6.07) is 0. The maximum Gasteiger partial charge on any atom is 0.256 e. The van der Waals surface area contributed by atoms with E-state index in [2.05, 4.69) is 42.3 Å². The summed E-state index contributed by atoms with van der Waals surface area (Å²) < 4.78 is 5.23. The van der Waals surface area contributed by atoms with Crippen LogP contribution in [0.25, 0.3) is 0 Å². The van der Waals surface area contributed by atoms with E-state index in [-0.39, 0.29) is 0 Å². The van der Waals surface area contributed by atoms with Crippen LogP contribution in [0.3, 0.4) is 0 Å². The molecule has 1 aromatic rings. The third-order valence-electron chi connectivity index (χ3n) is 10.6. The lowest BCUT2D eigenvalue weighted by Crippen LogP contribution is -2.37. The summed E-state index contributed by atoms with van der Waals surface area (Å²) in [5, 5.41) is 0. The zero-order chi connectivity index (χ0) is 33.0. The third-order valence-corrected chi connectivity index (χ3v) is 10.6. The largest absolute Gasteiger partial charge is 0.256 e. The molecule has 0 N–H and O–H groups in total. The molecule has 0 atom stereocenters. The molecule has 1 rings (SSSR count). The highest BCUT2D eigenvalue weighted by atomic mass is 15.1. The minimum absolute atomic E-state index is 1.22. The minimum atomic E-state index is 1.22. The maximum atomic E-state index is 2.63. The van der Waals surface area contributed by atoms with Gasteiger partial charge in [0.15, 0.2) is 0 Å². The van der Waals surface area contributed by atoms with Crippen LogP contribution in [0.15, 0.2) is 12.4 Å². The fourth-order valence-corrected chi connectivity index (χ4v) is 7.39. The summed E-state index contributed by atoms with van der Waals surface area (Å²) in [4.78, 5) is 0. The van der Waals surface area contributed by atoms with Crippen LogP contribution in [-0.2, 0) is 19.5 Å². The smallest absolute Gasteiger partial charge is 0.234 e. The van der Waals surface area contributed by atoms with Crippen molar-refractivity contribution in [3.05, 3.63) is 18.2 Å². The topological polar surface area (TPSA) is 8.81 Å². The third kappa shape index (κ3) is 27.2. The fourth-order valence-electron chi connectivity index (χ4n) is 7.39. The summed E-state index contributed by atoms with van der Waals surface area (Å²) in [5.41, 5.74) is 0. The molecule has 0 unspecified atom stereocenters. The highest BCUT2D eigenvalue weighted by molar-refractivity contribution is 4.84. The van der Waals surface area contributed by atoms with Crippen molar-refractivity contribution in [2.45, 2.75) is 265 Å². The summed E-state index contributed by atoms with van der Waals surface area (Å²) in [5.74, 6) is 1.61. The normalized spacial score (nSPS) is 11.6. The van der Waals surface area contributed by atoms with Gasteiger partial charge in [0.2, 0.25) is 0 Å². The Morgan fingerprint density at radius 3 is 1.04 bits per heavy atom. The first-order valence-corrected chi connectivity index (χ1v) is 21.9. The van der Waals surface area contributed by atoms with E-state index in [1.54, 1.807) is 5.82 Å². The number of unbranched alkanes of at least 4 members (excludes halogenated alkanes) is 32. The number of hydrogen-bond donors (Lipinski definition) is 0. The lowest BCUT2D eigenvalue weighted by atomic mass is 10.0. The number of aromatic nitrogens is 2. The number of hydrogen-bond acceptors (Lipinski definition) is 0. The van der Waals surface area contributed by atoms with Crippen LogP contribution in [0, 0.1) is 0 Å². The molecule has 1 heterocycles. The zero-order valence-corrected chi connectivity index (χ0v) is 32.4. The predicted octanol–water partition coefficient (Wildman–Crippen LogP) is 15.0. The molecule has 0 aliphatic rings. The van der Waals surface area contributed by atoms with Crippen molar-refractivity contribution < 1.29 is 4.57 Å². The van der Waals surface area contributed by atoms with Crippen LogP contribution in [0.5, 0.6) is 0 Å². The van der Waals surface area contributed by atoms with Crippen molar-refractivity contribution >= 4 is 0 Å². The van der Waals surface area contributed by atoms with E-state index in [0.29, 0.717) is 0 Å². The number of nitrogens with zero attached hydrogens (tertiary/aromatic N) is 2. The van der Waals surface area contributed by atoms with E-state index in [0.717, 1.165) is 0 Å². The lowest BCUT2D eigenvalue weighted by molar-refractivity contribution is -0.704. The summed E-state index contributed by atoms with van der Waals surface area (Å²) in [6.45, 7) is 9.39. The van der Waals surface area contributed by atoms with Crippen LogP contribution in [-0.4, -0.2) is 4.57 Å². The van der Waals surface area contributed by atoms with Crippen molar-refractivity contribution in [1.82, 2.24) is 4.57 Å². The molecule has 0 saturated heterocycles. The van der Waals surface area contributed by atoms with Gasteiger partial charge in [-0.2, -0.15) is 0 Å². The van der Waals surface area contributed by atoms with Gasteiger partial charge in [0.05, 0.1) is 13.1 Å². The molecule has 0 spiro atoms. The van der Waals surface area contributed by atoms with Crippen molar-refractivity contribution in [1.29, 1.82) is 0 Å². The number of aryl methyl sites for hydroxylation is 2. The molecule has 2 nitrogen and oxygen atoms in total. The fraction of sp³-hybridized carbons (Fsp3) is 0.932. The summed E-state index contributed by atoms with van der Waals surface area (Å²) in [6.07, 6.45) is 56.4. The van der Waals surface area contributed by atoms with E-state index in [9.17, 15) is 0 Å². The Morgan fingerprint density at radius 1 is 0.370 bits per heavy atom. The van der Waals surface area contributed by atoms with Crippen LogP contribution in [0.4, 0.5) is 0 Å². The minimum Gasteiger partial charge on any atom is -0.234 e. The van der Waals surface area contributed by atoms with Crippen LogP contribution in [0.1, 0.15) is 251 Å². The second-order valence-corrected chi connectivity index (χ2v) is 15.2. The maximum absolute atomic E-state index is 2.63. The van der Waals surface area contributed by atoms with Gasteiger partial charge in [-0.3, -0.25) is 0 Å². The summed E-state index contributed by atoms with van der Waals surface area (Å²) >= 11 is 0. The molecule has 0 aliphatic heterocycles. The van der Waals surface area contributed by atoms with Crippen molar-refractivity contribution in [3.63, 3.8) is 0 Å². The Hall–Kier alpha value is -0.790. The van der Waals surface area contributed by atoms with Gasteiger partial charge < -0.3 is 0 Å². The van der Waals surface area contributed by atoms with Gasteiger partial charge in [0, 0.05) is 6.42 Å². The Bertz CT molecular complexity index is 707. The second kappa shape index (κ2) is 35.5. The quantitative estimate of drug-likeness (QED) is 0.0501. The van der Waals surface area contributed by atoms with Gasteiger partial charge in [0.1, 0.15) is 12.4 Å². The zero-order valence-electron chi connectivity index (χ0n) is 32.4. The van der Waals surface area contributed by atoms with Crippen molar-refractivity contribution in [3.8, 4) is 0 Å². The second-order valence-electron chi connectivity index (χ2n) is 15.2. The van der Waals surface area contributed by atoms with Crippen LogP contribution >= 0.6 is 0 Å². The van der Waals surface area contributed by atoms with E-state index in [1.807, 2.05) is 0 Å². The van der Waals surface area contributed by atoms with Gasteiger partial charge in [0.25, 0.3) is 5.82 Å². The first-order chi connectivity index (χ1) is 22.8. The van der Waals surface area contributed by atoms with Crippen LogP contribution < -0.4 is 4.57 Å². The van der Waals surface area contributed by atoms with Gasteiger partial charge in [-0.25, -0.2) is 9.13 Å². The number of rotatable bonds is 38. The first kappa shape index (κ1) is 43.2. The highest BCUT2D eigenvalue weighted by Gasteiger charge is 2.16. The van der Waals surface area contributed by atoms with Gasteiger partial charge in [-0.05, 0) is 32.1 Å². The Labute approximate surface area is 291 Å². The Kier molecular flexibility index (Phi) is 33.4. The van der Waals surface area contributed by atoms with E-state index < -0.39 is 0 Å². The van der Waals surface area contributed by atoms with E-state index in [1.165, 1.54) is 244 Å². The average molecular weight is 644 g/mol. The molecule has 0 amide bonds. The van der Waals surface area contributed by atoms with Crippen LogP contribution in [0.2, 0.25) is 0 Å². The lowest BCUT2D eigenvalue weighted by Gasteiger charge is -2.07. The molecule has 1 aromatic heterocycles. The summed E-state index contributed by atoms with van der Waals surface area (Å²) in [7, 11) is 0. The molecule has 0 bridgehead atoms. The van der Waals surface area contributed by atoms with Gasteiger partial charge in [-0.1, -0.05) is 213 Å². The van der Waals surface area contributed by atoms with Crippen molar-refractivity contribution in [2.75, 3.05) is 0 Å². The molecular formula is C44H87N2+. The monoisotopic (exact) mass is 644 g/mol. The molecule has 0 aromatic carbocycles. The molecule has 0 radical (unpaired) electrons. The average Bonchev–Trinajstić information content (AvgIpc) is 3.45. The molecule has 272 valence electrons. The van der Waals surface area contributed by atoms with Crippen molar-refractivity contribution in [2.24, 2.45) is 0 Å². The molecule has 0 aliphatic carbocycles. The molecule has 2 heteroatoms. The predicted molar refractivity (Wildman–Crippen MR) is 207 cm³/mol. The highest BCUT2D eigenvalue weighted by Crippen LogP contribution is 2.16. The molecular weight excluding hydrogens is 556 g/mol. The van der Waals surface area contributed by atoms with Gasteiger partial charge in [-0.15, -0.1) is 0 Å². The molecule has 46 heavy (non-hydrogen) atoms. The Balaban J connectivity index is 2.08. The van der Waals surface area contributed by atoms with Gasteiger partial charge >= 0.3 is 0 Å². The SMILES string of the molecule is CCCCCCCCCCCCCCCCCCCc1n(CCCCCCCCCCCCCCCCC)cc[n+]1CCCCC. The van der Waals surface area contributed by atoms with E-state index >= 15 is 0 Å².